The van der Waals surface area contributed by atoms with Crippen molar-refractivity contribution in [3.8, 4) is 5.75 Å². The Hall–Kier alpha value is -1.11. The fraction of sp³-hybridized carbons (Fsp3) is 0.312. The van der Waals surface area contributed by atoms with Crippen molar-refractivity contribution >= 4 is 37.8 Å². The predicted octanol–water partition coefficient (Wildman–Crippen LogP) is 3.66. The Bertz CT molecular complexity index is 753. The zero-order valence-corrected chi connectivity index (χ0v) is 15.5. The van der Waals surface area contributed by atoms with Crippen LogP contribution in [0.1, 0.15) is 27.2 Å². The molecule has 0 radical (unpaired) electrons. The summed E-state index contributed by atoms with van der Waals surface area (Å²) in [6.07, 6.45) is 0.834. The van der Waals surface area contributed by atoms with E-state index >= 15 is 0 Å². The number of methoxy groups -OCH3 is 1. The normalized spacial score (nSPS) is 13.8. The van der Waals surface area contributed by atoms with Crippen molar-refractivity contribution in [2.45, 2.75) is 19.9 Å². The summed E-state index contributed by atoms with van der Waals surface area (Å²) in [5.74, 6) is 0.761. The SMILES string of the molecule is COc1ccc(C(=O)n2c(Br)c(Br)c3c2CCNC3)cc1C. The molecule has 6 heteroatoms. The van der Waals surface area contributed by atoms with E-state index in [1.165, 1.54) is 0 Å². The first-order valence-corrected chi connectivity index (χ1v) is 8.60. The molecule has 4 nitrogen and oxygen atoms in total. The number of fused-ring (bicyclic) bond motifs is 1. The van der Waals surface area contributed by atoms with Crippen LogP contribution in [0.4, 0.5) is 0 Å². The second-order valence-electron chi connectivity index (χ2n) is 5.28. The molecule has 3 rings (SSSR count). The van der Waals surface area contributed by atoms with Gasteiger partial charge in [0.2, 0.25) is 0 Å². The minimum atomic E-state index is -0.0264. The van der Waals surface area contributed by atoms with E-state index in [-0.39, 0.29) is 5.91 Å². The topological polar surface area (TPSA) is 43.3 Å². The molecule has 1 aliphatic heterocycles. The molecule has 0 saturated carbocycles. The largest absolute Gasteiger partial charge is 0.496 e. The first kappa shape index (κ1) is 15.8. The van der Waals surface area contributed by atoms with Crippen LogP contribution >= 0.6 is 31.9 Å². The molecule has 0 atom stereocenters. The first-order chi connectivity index (χ1) is 10.5. The zero-order valence-electron chi connectivity index (χ0n) is 12.4. The summed E-state index contributed by atoms with van der Waals surface area (Å²) in [4.78, 5) is 13.0. The monoisotopic (exact) mass is 426 g/mol. The van der Waals surface area contributed by atoms with Gasteiger partial charge in [-0.05, 0) is 62.5 Å². The lowest BCUT2D eigenvalue weighted by molar-refractivity contribution is 0.0954. The van der Waals surface area contributed by atoms with Crippen LogP contribution in [0.3, 0.4) is 0 Å². The van der Waals surface area contributed by atoms with Gasteiger partial charge in [0.15, 0.2) is 0 Å². The molecule has 1 aromatic heterocycles. The van der Waals surface area contributed by atoms with Crippen molar-refractivity contribution in [2.24, 2.45) is 0 Å². The second-order valence-corrected chi connectivity index (χ2v) is 6.83. The van der Waals surface area contributed by atoms with Crippen molar-refractivity contribution < 1.29 is 9.53 Å². The van der Waals surface area contributed by atoms with Gasteiger partial charge in [-0.3, -0.25) is 9.36 Å². The number of ether oxygens (including phenoxy) is 1. The van der Waals surface area contributed by atoms with E-state index in [1.807, 2.05) is 25.1 Å². The van der Waals surface area contributed by atoms with Crippen molar-refractivity contribution in [2.75, 3.05) is 13.7 Å². The highest BCUT2D eigenvalue weighted by molar-refractivity contribution is 9.13. The van der Waals surface area contributed by atoms with Gasteiger partial charge >= 0.3 is 0 Å². The summed E-state index contributed by atoms with van der Waals surface area (Å²) < 4.78 is 8.76. The van der Waals surface area contributed by atoms with Gasteiger partial charge in [-0.2, -0.15) is 0 Å². The van der Waals surface area contributed by atoms with E-state index in [4.69, 9.17) is 4.74 Å². The summed E-state index contributed by atoms with van der Waals surface area (Å²) in [7, 11) is 1.63. The Morgan fingerprint density at radius 2 is 2.14 bits per heavy atom. The number of rotatable bonds is 2. The summed E-state index contributed by atoms with van der Waals surface area (Å²) in [5.41, 5.74) is 3.82. The van der Waals surface area contributed by atoms with Crippen LogP contribution in [0.5, 0.6) is 5.75 Å². The Morgan fingerprint density at radius 1 is 1.36 bits per heavy atom. The molecule has 0 bridgehead atoms. The Morgan fingerprint density at radius 3 is 2.82 bits per heavy atom. The molecule has 0 saturated heterocycles. The van der Waals surface area contributed by atoms with Crippen LogP contribution in [-0.2, 0) is 13.0 Å². The third kappa shape index (κ3) is 2.53. The van der Waals surface area contributed by atoms with Crippen LogP contribution in [0.15, 0.2) is 27.3 Å². The molecule has 22 heavy (non-hydrogen) atoms. The lowest BCUT2D eigenvalue weighted by Crippen LogP contribution is -2.26. The number of hydrogen-bond donors (Lipinski definition) is 1. The van der Waals surface area contributed by atoms with Crippen LogP contribution in [0.25, 0.3) is 0 Å². The van der Waals surface area contributed by atoms with Gasteiger partial charge in [-0.25, -0.2) is 0 Å². The molecular weight excluding hydrogens is 412 g/mol. The molecule has 1 aromatic carbocycles. The van der Waals surface area contributed by atoms with Crippen molar-refractivity contribution in [3.05, 3.63) is 49.7 Å². The number of carbonyl (C=O) groups is 1. The fourth-order valence-corrected chi connectivity index (χ4v) is 3.98. The number of benzene rings is 1. The molecule has 0 amide bonds. The molecule has 0 aliphatic carbocycles. The molecule has 0 fully saturated rings. The maximum Gasteiger partial charge on any atom is 0.263 e. The summed E-state index contributed by atoms with van der Waals surface area (Å²) >= 11 is 7.13. The van der Waals surface area contributed by atoms with Gasteiger partial charge in [0.1, 0.15) is 10.4 Å². The number of hydrogen-bond acceptors (Lipinski definition) is 3. The average Bonchev–Trinajstić information content (AvgIpc) is 2.78. The zero-order chi connectivity index (χ0) is 15.9. The molecule has 1 N–H and O–H groups in total. The molecule has 0 unspecified atom stereocenters. The smallest absolute Gasteiger partial charge is 0.263 e. The standard InChI is InChI=1S/C16H16Br2N2O2/c1-9-7-10(3-4-13(9)22-2)16(21)20-12-5-6-19-8-11(12)14(17)15(20)18/h3-4,7,19H,5-6,8H2,1-2H3. The van der Waals surface area contributed by atoms with E-state index in [0.29, 0.717) is 5.56 Å². The number of nitrogens with one attached hydrogen (secondary N) is 1. The summed E-state index contributed by atoms with van der Waals surface area (Å²) in [5, 5.41) is 3.33. The molecular formula is C16H16Br2N2O2. The maximum atomic E-state index is 13.0. The van der Waals surface area contributed by atoms with Gasteiger partial charge in [0.05, 0.1) is 11.6 Å². The number of carbonyl (C=O) groups excluding carboxylic acids is 1. The number of aryl methyl sites for hydroxylation is 1. The van der Waals surface area contributed by atoms with Gasteiger partial charge in [-0.1, -0.05) is 0 Å². The van der Waals surface area contributed by atoms with E-state index in [1.54, 1.807) is 11.7 Å². The lowest BCUT2D eigenvalue weighted by atomic mass is 10.1. The summed E-state index contributed by atoms with van der Waals surface area (Å²) in [6.45, 7) is 3.59. The van der Waals surface area contributed by atoms with Crippen molar-refractivity contribution in [1.29, 1.82) is 0 Å². The number of aromatic nitrogens is 1. The van der Waals surface area contributed by atoms with E-state index in [2.05, 4.69) is 37.2 Å². The highest BCUT2D eigenvalue weighted by atomic mass is 79.9. The highest BCUT2D eigenvalue weighted by Gasteiger charge is 2.26. The quantitative estimate of drug-likeness (QED) is 0.795. The first-order valence-electron chi connectivity index (χ1n) is 7.02. The number of nitrogens with zero attached hydrogens (tertiary/aromatic N) is 1. The van der Waals surface area contributed by atoms with Crippen LogP contribution < -0.4 is 10.1 Å². The Balaban J connectivity index is 2.08. The Kier molecular flexibility index (Phi) is 4.43. The van der Waals surface area contributed by atoms with Gasteiger partial charge in [0.25, 0.3) is 5.91 Å². The number of halogens is 2. The second kappa shape index (κ2) is 6.18. The maximum absolute atomic E-state index is 13.0. The molecule has 2 aromatic rings. The van der Waals surface area contributed by atoms with Gasteiger partial charge in [0, 0.05) is 36.3 Å². The van der Waals surface area contributed by atoms with Crippen molar-refractivity contribution in [1.82, 2.24) is 9.88 Å². The van der Waals surface area contributed by atoms with E-state index in [9.17, 15) is 4.79 Å². The minimum absolute atomic E-state index is 0.0264. The summed E-state index contributed by atoms with van der Waals surface area (Å²) in [6, 6.07) is 5.51. The van der Waals surface area contributed by atoms with Crippen molar-refractivity contribution in [3.63, 3.8) is 0 Å². The van der Waals surface area contributed by atoms with Crippen LogP contribution in [0.2, 0.25) is 0 Å². The van der Waals surface area contributed by atoms with E-state index < -0.39 is 0 Å². The van der Waals surface area contributed by atoms with E-state index in [0.717, 1.165) is 51.2 Å². The molecule has 116 valence electrons. The highest BCUT2D eigenvalue weighted by Crippen LogP contribution is 2.35. The lowest BCUT2D eigenvalue weighted by Gasteiger charge is -2.16. The Labute approximate surface area is 146 Å². The van der Waals surface area contributed by atoms with Gasteiger partial charge in [-0.15, -0.1) is 0 Å². The predicted molar refractivity (Wildman–Crippen MR) is 92.7 cm³/mol. The third-order valence-corrected chi connectivity index (χ3v) is 6.08. The molecule has 1 aliphatic rings. The third-order valence-electron chi connectivity index (χ3n) is 3.95. The average molecular weight is 428 g/mol. The molecule has 2 heterocycles. The molecule has 0 spiro atoms. The minimum Gasteiger partial charge on any atom is -0.496 e. The van der Waals surface area contributed by atoms with Crippen LogP contribution in [-0.4, -0.2) is 24.1 Å². The van der Waals surface area contributed by atoms with Gasteiger partial charge < -0.3 is 10.1 Å². The van der Waals surface area contributed by atoms with Crippen LogP contribution in [0, 0.1) is 6.92 Å². The fourth-order valence-electron chi connectivity index (χ4n) is 2.82.